The number of fused-ring (bicyclic) bond motifs is 1. The predicted molar refractivity (Wildman–Crippen MR) is 107 cm³/mol. The molecule has 3 heterocycles. The number of benzene rings is 1. The number of likely N-dealkylation sites (tertiary alicyclic amines) is 1. The van der Waals surface area contributed by atoms with E-state index >= 15 is 0 Å². The number of ether oxygens (including phenoxy) is 2. The number of carbonyl (C=O) groups is 1. The van der Waals surface area contributed by atoms with E-state index in [2.05, 4.69) is 24.0 Å². The van der Waals surface area contributed by atoms with Crippen LogP contribution in [0.1, 0.15) is 55.8 Å². The molecule has 1 aromatic carbocycles. The Morgan fingerprint density at radius 3 is 2.86 bits per heavy atom. The van der Waals surface area contributed by atoms with E-state index in [4.69, 9.17) is 9.47 Å². The molecule has 2 aliphatic heterocycles. The zero-order valence-electron chi connectivity index (χ0n) is 16.9. The van der Waals surface area contributed by atoms with Gasteiger partial charge in [-0.2, -0.15) is 0 Å². The lowest BCUT2D eigenvalue weighted by Crippen LogP contribution is -2.56. The summed E-state index contributed by atoms with van der Waals surface area (Å²) in [5, 5.41) is 0. The van der Waals surface area contributed by atoms with Crippen LogP contribution >= 0.6 is 0 Å². The topological polar surface area (TPSA) is 51.7 Å². The Hall–Kier alpha value is -2.40. The SMILES string of the molecule is Cc1ccccc1CO[C@@H]1[C@@H](N2CCCCC2=O)c2cnccc2OC1(C)C. The molecule has 28 heavy (non-hydrogen) atoms. The zero-order valence-corrected chi connectivity index (χ0v) is 16.9. The number of pyridine rings is 1. The van der Waals surface area contributed by atoms with Gasteiger partial charge in [-0.05, 0) is 50.8 Å². The number of aromatic nitrogens is 1. The van der Waals surface area contributed by atoms with Crippen LogP contribution in [0.3, 0.4) is 0 Å². The highest BCUT2D eigenvalue weighted by Gasteiger charge is 2.48. The molecule has 0 aliphatic carbocycles. The third-order valence-corrected chi connectivity index (χ3v) is 5.85. The van der Waals surface area contributed by atoms with Crippen molar-refractivity contribution in [1.82, 2.24) is 9.88 Å². The Morgan fingerprint density at radius 2 is 2.07 bits per heavy atom. The third-order valence-electron chi connectivity index (χ3n) is 5.85. The van der Waals surface area contributed by atoms with Gasteiger partial charge in [0.2, 0.25) is 5.91 Å². The van der Waals surface area contributed by atoms with Crippen LogP contribution in [-0.2, 0) is 16.1 Å². The normalized spacial score (nSPS) is 23.8. The van der Waals surface area contributed by atoms with Crippen molar-refractivity contribution in [2.45, 2.75) is 64.4 Å². The molecule has 0 unspecified atom stereocenters. The first-order valence-electron chi connectivity index (χ1n) is 10.1. The molecule has 5 heteroatoms. The highest BCUT2D eigenvalue weighted by molar-refractivity contribution is 5.77. The molecule has 1 fully saturated rings. The summed E-state index contributed by atoms with van der Waals surface area (Å²) < 4.78 is 12.8. The van der Waals surface area contributed by atoms with Crippen LogP contribution in [-0.4, -0.2) is 34.0 Å². The smallest absolute Gasteiger partial charge is 0.223 e. The first-order chi connectivity index (χ1) is 13.5. The lowest BCUT2D eigenvalue weighted by atomic mass is 9.85. The highest BCUT2D eigenvalue weighted by Crippen LogP contribution is 2.45. The number of hydrogen-bond acceptors (Lipinski definition) is 4. The summed E-state index contributed by atoms with van der Waals surface area (Å²) in [6, 6.07) is 9.93. The molecule has 1 saturated heterocycles. The Kier molecular flexibility index (Phi) is 5.11. The van der Waals surface area contributed by atoms with Gasteiger partial charge in [-0.3, -0.25) is 9.78 Å². The first-order valence-corrected chi connectivity index (χ1v) is 10.1. The largest absolute Gasteiger partial charge is 0.485 e. The highest BCUT2D eigenvalue weighted by atomic mass is 16.6. The summed E-state index contributed by atoms with van der Waals surface area (Å²) in [5.74, 6) is 0.979. The van der Waals surface area contributed by atoms with Gasteiger partial charge in [0, 0.05) is 30.9 Å². The summed E-state index contributed by atoms with van der Waals surface area (Å²) in [6.45, 7) is 7.41. The van der Waals surface area contributed by atoms with Crippen LogP contribution in [0.4, 0.5) is 0 Å². The molecular formula is C23H28N2O3. The van der Waals surface area contributed by atoms with Crippen molar-refractivity contribution in [2.24, 2.45) is 0 Å². The Morgan fingerprint density at radius 1 is 1.25 bits per heavy atom. The van der Waals surface area contributed by atoms with E-state index in [9.17, 15) is 4.79 Å². The molecule has 5 nitrogen and oxygen atoms in total. The van der Waals surface area contributed by atoms with Crippen LogP contribution in [0.2, 0.25) is 0 Å². The summed E-state index contributed by atoms with van der Waals surface area (Å²) in [7, 11) is 0. The molecule has 1 aromatic heterocycles. The van der Waals surface area contributed by atoms with Crippen molar-refractivity contribution in [1.29, 1.82) is 0 Å². The summed E-state index contributed by atoms with van der Waals surface area (Å²) in [5.41, 5.74) is 2.72. The fraction of sp³-hybridized carbons (Fsp3) is 0.478. The molecule has 1 amide bonds. The van der Waals surface area contributed by atoms with E-state index in [-0.39, 0.29) is 18.1 Å². The van der Waals surface area contributed by atoms with Crippen molar-refractivity contribution >= 4 is 5.91 Å². The molecule has 0 bridgehead atoms. The first kappa shape index (κ1) is 18.9. The number of carbonyl (C=O) groups excluding carboxylic acids is 1. The monoisotopic (exact) mass is 380 g/mol. The molecule has 2 atom stereocenters. The minimum absolute atomic E-state index is 0.188. The molecule has 4 rings (SSSR count). The average molecular weight is 380 g/mol. The molecule has 0 N–H and O–H groups in total. The number of amides is 1. The van der Waals surface area contributed by atoms with Crippen LogP contribution < -0.4 is 4.74 Å². The van der Waals surface area contributed by atoms with E-state index in [1.165, 1.54) is 5.56 Å². The standard InChI is InChI=1S/C23H28N2O3/c1-16-8-4-5-9-17(16)15-27-22-21(25-13-7-6-10-20(25)26)18-14-24-12-11-19(18)28-23(22,2)3/h4-5,8-9,11-12,14,21-22H,6-7,10,13,15H2,1-3H3/t21-,22+/m0/s1. The van der Waals surface area contributed by atoms with Gasteiger partial charge in [0.25, 0.3) is 0 Å². The van der Waals surface area contributed by atoms with Crippen molar-refractivity contribution in [3.8, 4) is 5.75 Å². The third kappa shape index (κ3) is 3.51. The summed E-state index contributed by atoms with van der Waals surface area (Å²) in [4.78, 5) is 19.1. The van der Waals surface area contributed by atoms with Gasteiger partial charge in [0.1, 0.15) is 17.5 Å². The van der Waals surface area contributed by atoms with Gasteiger partial charge in [-0.1, -0.05) is 24.3 Å². The van der Waals surface area contributed by atoms with Crippen LogP contribution in [0.15, 0.2) is 42.7 Å². The van der Waals surface area contributed by atoms with Gasteiger partial charge in [-0.25, -0.2) is 0 Å². The second-order valence-electron chi connectivity index (χ2n) is 8.27. The van der Waals surface area contributed by atoms with Crippen LogP contribution in [0, 0.1) is 6.92 Å². The number of nitrogens with zero attached hydrogens (tertiary/aromatic N) is 2. The molecule has 2 aliphatic rings. The van der Waals surface area contributed by atoms with Crippen molar-refractivity contribution < 1.29 is 14.3 Å². The Balaban J connectivity index is 1.70. The molecule has 148 valence electrons. The summed E-state index contributed by atoms with van der Waals surface area (Å²) >= 11 is 0. The lowest BCUT2D eigenvalue weighted by Gasteiger charge is -2.48. The van der Waals surface area contributed by atoms with Gasteiger partial charge in [0.15, 0.2) is 0 Å². The van der Waals surface area contributed by atoms with Gasteiger partial charge >= 0.3 is 0 Å². The minimum Gasteiger partial charge on any atom is -0.485 e. The fourth-order valence-electron chi connectivity index (χ4n) is 4.29. The van der Waals surface area contributed by atoms with E-state index in [1.54, 1.807) is 6.20 Å². The average Bonchev–Trinajstić information content (AvgIpc) is 2.67. The maximum absolute atomic E-state index is 12.8. The Labute approximate surface area is 166 Å². The van der Waals surface area contributed by atoms with Crippen LogP contribution in [0.25, 0.3) is 0 Å². The van der Waals surface area contributed by atoms with E-state index in [0.717, 1.165) is 36.3 Å². The lowest BCUT2D eigenvalue weighted by molar-refractivity contribution is -0.158. The van der Waals surface area contributed by atoms with Gasteiger partial charge in [0.05, 0.1) is 12.6 Å². The molecular weight excluding hydrogens is 352 g/mol. The number of rotatable bonds is 4. The number of hydrogen-bond donors (Lipinski definition) is 0. The van der Waals surface area contributed by atoms with E-state index < -0.39 is 5.60 Å². The maximum Gasteiger partial charge on any atom is 0.223 e. The molecule has 0 spiro atoms. The van der Waals surface area contributed by atoms with Gasteiger partial charge < -0.3 is 14.4 Å². The zero-order chi connectivity index (χ0) is 19.7. The van der Waals surface area contributed by atoms with Gasteiger partial charge in [-0.15, -0.1) is 0 Å². The number of aryl methyl sites for hydroxylation is 1. The van der Waals surface area contributed by atoms with E-state index in [0.29, 0.717) is 13.0 Å². The second-order valence-corrected chi connectivity index (χ2v) is 8.27. The fourth-order valence-corrected chi connectivity index (χ4v) is 4.29. The van der Waals surface area contributed by atoms with Crippen molar-refractivity contribution in [3.63, 3.8) is 0 Å². The minimum atomic E-state index is -0.570. The predicted octanol–water partition coefficient (Wildman–Crippen LogP) is 4.20. The van der Waals surface area contributed by atoms with Crippen molar-refractivity contribution in [2.75, 3.05) is 6.54 Å². The van der Waals surface area contributed by atoms with E-state index in [1.807, 2.05) is 43.1 Å². The Bertz CT molecular complexity index is 864. The molecule has 2 aromatic rings. The van der Waals surface area contributed by atoms with Crippen LogP contribution in [0.5, 0.6) is 5.75 Å². The van der Waals surface area contributed by atoms with Crippen molar-refractivity contribution in [3.05, 3.63) is 59.4 Å². The molecule has 0 radical (unpaired) electrons. The molecule has 0 saturated carbocycles. The quantitative estimate of drug-likeness (QED) is 0.798. The number of piperidine rings is 1. The maximum atomic E-state index is 12.8. The summed E-state index contributed by atoms with van der Waals surface area (Å²) in [6.07, 6.45) is 5.84. The second kappa shape index (κ2) is 7.55.